The molecule has 4 nitrogen and oxygen atoms in total. The minimum absolute atomic E-state index is 0.0346. The lowest BCUT2D eigenvalue weighted by atomic mass is 10.1. The highest BCUT2D eigenvalue weighted by molar-refractivity contribution is 7.86. The summed E-state index contributed by atoms with van der Waals surface area (Å²) in [5.41, 5.74) is 1.09. The maximum absolute atomic E-state index is 12.2. The Morgan fingerprint density at radius 1 is 1.26 bits per heavy atom. The molecular formula is C14H20N2O2S. The fraction of sp³-hybridized carbons (Fsp3) is 0.429. The molecule has 1 aromatic carbocycles. The second-order valence-corrected chi connectivity index (χ2v) is 6.98. The van der Waals surface area contributed by atoms with Crippen molar-refractivity contribution < 1.29 is 8.42 Å². The second kappa shape index (κ2) is 5.86. The van der Waals surface area contributed by atoms with Crippen LogP contribution in [-0.2, 0) is 10.2 Å². The molecule has 104 valence electrons. The van der Waals surface area contributed by atoms with Crippen molar-refractivity contribution in [1.82, 2.24) is 8.61 Å². The zero-order valence-electron chi connectivity index (χ0n) is 11.4. The van der Waals surface area contributed by atoms with Gasteiger partial charge in [-0.15, -0.1) is 0 Å². The Balaban J connectivity index is 2.14. The lowest BCUT2D eigenvalue weighted by molar-refractivity contribution is 0.390. The number of nitrogens with zero attached hydrogens (tertiary/aromatic N) is 2. The van der Waals surface area contributed by atoms with Gasteiger partial charge < -0.3 is 0 Å². The van der Waals surface area contributed by atoms with Gasteiger partial charge >= 0.3 is 0 Å². The molecule has 2 rings (SSSR count). The Bertz CT molecular complexity index is 538. The summed E-state index contributed by atoms with van der Waals surface area (Å²) in [6, 6.07) is 9.90. The van der Waals surface area contributed by atoms with Crippen molar-refractivity contribution in [3.63, 3.8) is 0 Å². The third-order valence-corrected chi connectivity index (χ3v) is 5.29. The summed E-state index contributed by atoms with van der Waals surface area (Å²) in [6.45, 7) is 0.601. The standard InChI is InChI=1S/C14H20N2O2S/c1-15(2)19(17,18)16-12-6-9-14(16)11-10-13-7-4-3-5-8-13/h3-5,7-8,10-11,14H,6,9,12H2,1-2H3/b11-10+/t14-/m1/s1. The maximum Gasteiger partial charge on any atom is 0.282 e. The van der Waals surface area contributed by atoms with Crippen LogP contribution in [-0.4, -0.2) is 43.7 Å². The van der Waals surface area contributed by atoms with Crippen LogP contribution in [0.25, 0.3) is 6.08 Å². The van der Waals surface area contributed by atoms with Crippen molar-refractivity contribution in [2.24, 2.45) is 0 Å². The predicted molar refractivity (Wildman–Crippen MR) is 77.8 cm³/mol. The first-order valence-corrected chi connectivity index (χ1v) is 7.84. The van der Waals surface area contributed by atoms with E-state index in [-0.39, 0.29) is 6.04 Å². The molecule has 1 aliphatic heterocycles. The monoisotopic (exact) mass is 280 g/mol. The number of rotatable bonds is 4. The highest BCUT2D eigenvalue weighted by Gasteiger charge is 2.33. The second-order valence-electron chi connectivity index (χ2n) is 4.88. The first kappa shape index (κ1) is 14.2. The van der Waals surface area contributed by atoms with E-state index in [0.29, 0.717) is 6.54 Å². The van der Waals surface area contributed by atoms with Gasteiger partial charge in [0.1, 0.15) is 0 Å². The molecule has 1 atom stereocenters. The van der Waals surface area contributed by atoms with E-state index >= 15 is 0 Å². The lowest BCUT2D eigenvalue weighted by Crippen LogP contribution is -2.42. The molecule has 0 N–H and O–H groups in total. The molecule has 0 unspecified atom stereocenters. The molecule has 19 heavy (non-hydrogen) atoms. The molecule has 0 amide bonds. The smallest absolute Gasteiger partial charge is 0.195 e. The van der Waals surface area contributed by atoms with E-state index in [9.17, 15) is 8.42 Å². The first-order valence-electron chi connectivity index (χ1n) is 6.44. The van der Waals surface area contributed by atoms with Crippen molar-refractivity contribution in [3.8, 4) is 0 Å². The zero-order chi connectivity index (χ0) is 13.9. The Hall–Kier alpha value is -1.17. The van der Waals surface area contributed by atoms with Gasteiger partial charge in [0.15, 0.2) is 0 Å². The SMILES string of the molecule is CN(C)S(=O)(=O)N1CCC[C@@H]1/C=C/c1ccccc1. The zero-order valence-corrected chi connectivity index (χ0v) is 12.2. The van der Waals surface area contributed by atoms with Crippen molar-refractivity contribution in [3.05, 3.63) is 42.0 Å². The topological polar surface area (TPSA) is 40.6 Å². The fourth-order valence-corrected chi connectivity index (χ4v) is 3.54. The molecule has 0 aliphatic carbocycles. The van der Waals surface area contributed by atoms with E-state index in [2.05, 4.69) is 0 Å². The molecule has 0 saturated carbocycles. The summed E-state index contributed by atoms with van der Waals surface area (Å²) in [4.78, 5) is 0. The van der Waals surface area contributed by atoms with Crippen molar-refractivity contribution in [2.75, 3.05) is 20.6 Å². The summed E-state index contributed by atoms with van der Waals surface area (Å²) in [5.74, 6) is 0. The molecule has 0 radical (unpaired) electrons. The van der Waals surface area contributed by atoms with Gasteiger partial charge in [-0.05, 0) is 18.4 Å². The van der Waals surface area contributed by atoms with Gasteiger partial charge in [-0.25, -0.2) is 0 Å². The Morgan fingerprint density at radius 3 is 2.58 bits per heavy atom. The fourth-order valence-electron chi connectivity index (χ4n) is 2.24. The van der Waals surface area contributed by atoms with Gasteiger partial charge in [0.2, 0.25) is 0 Å². The van der Waals surface area contributed by atoms with Crippen LogP contribution >= 0.6 is 0 Å². The van der Waals surface area contributed by atoms with E-state index in [1.807, 2.05) is 42.5 Å². The molecule has 1 saturated heterocycles. The lowest BCUT2D eigenvalue weighted by Gasteiger charge is -2.25. The molecule has 1 fully saturated rings. The van der Waals surface area contributed by atoms with Gasteiger partial charge in [-0.1, -0.05) is 42.5 Å². The Kier molecular flexibility index (Phi) is 4.39. The summed E-state index contributed by atoms with van der Waals surface area (Å²) >= 11 is 0. The van der Waals surface area contributed by atoms with Crippen LogP contribution in [0.2, 0.25) is 0 Å². The average molecular weight is 280 g/mol. The minimum atomic E-state index is -3.31. The molecule has 0 aromatic heterocycles. The molecule has 1 aromatic rings. The highest BCUT2D eigenvalue weighted by Crippen LogP contribution is 2.23. The maximum atomic E-state index is 12.2. The van der Waals surface area contributed by atoms with E-state index < -0.39 is 10.2 Å². The quantitative estimate of drug-likeness (QED) is 0.846. The van der Waals surface area contributed by atoms with Crippen molar-refractivity contribution in [1.29, 1.82) is 0 Å². The molecule has 5 heteroatoms. The summed E-state index contributed by atoms with van der Waals surface area (Å²) < 4.78 is 27.2. The van der Waals surface area contributed by atoms with Crippen LogP contribution in [0, 0.1) is 0 Å². The normalized spacial score (nSPS) is 21.5. The third kappa shape index (κ3) is 3.23. The van der Waals surface area contributed by atoms with Crippen molar-refractivity contribution >= 4 is 16.3 Å². The van der Waals surface area contributed by atoms with Crippen LogP contribution in [0.4, 0.5) is 0 Å². The molecule has 1 heterocycles. The van der Waals surface area contributed by atoms with E-state index in [0.717, 1.165) is 18.4 Å². The minimum Gasteiger partial charge on any atom is -0.195 e. The van der Waals surface area contributed by atoms with Crippen LogP contribution in [0.1, 0.15) is 18.4 Å². The van der Waals surface area contributed by atoms with Crippen LogP contribution in [0.5, 0.6) is 0 Å². The van der Waals surface area contributed by atoms with E-state index in [4.69, 9.17) is 0 Å². The van der Waals surface area contributed by atoms with Gasteiger partial charge in [-0.2, -0.15) is 17.0 Å². The Labute approximate surface area is 115 Å². The van der Waals surface area contributed by atoms with Gasteiger partial charge in [0.05, 0.1) is 0 Å². The summed E-state index contributed by atoms with van der Waals surface area (Å²) in [7, 11) is -0.165. The van der Waals surface area contributed by atoms with E-state index in [1.165, 1.54) is 4.31 Å². The van der Waals surface area contributed by atoms with Gasteiger partial charge in [0, 0.05) is 26.7 Å². The van der Waals surface area contributed by atoms with Crippen LogP contribution in [0.15, 0.2) is 36.4 Å². The molecular weight excluding hydrogens is 260 g/mol. The van der Waals surface area contributed by atoms with Crippen LogP contribution < -0.4 is 0 Å². The number of hydrogen-bond donors (Lipinski definition) is 0. The predicted octanol–water partition coefficient (Wildman–Crippen LogP) is 1.97. The molecule has 0 spiro atoms. The Morgan fingerprint density at radius 2 is 1.95 bits per heavy atom. The van der Waals surface area contributed by atoms with Gasteiger partial charge in [-0.3, -0.25) is 0 Å². The summed E-state index contributed by atoms with van der Waals surface area (Å²) in [6.07, 6.45) is 5.78. The largest absolute Gasteiger partial charge is 0.282 e. The number of benzene rings is 1. The highest BCUT2D eigenvalue weighted by atomic mass is 32.2. The van der Waals surface area contributed by atoms with E-state index in [1.54, 1.807) is 18.4 Å². The van der Waals surface area contributed by atoms with Crippen LogP contribution in [0.3, 0.4) is 0 Å². The summed E-state index contributed by atoms with van der Waals surface area (Å²) in [5, 5.41) is 0. The molecule has 1 aliphatic rings. The van der Waals surface area contributed by atoms with Crippen molar-refractivity contribution in [2.45, 2.75) is 18.9 Å². The average Bonchev–Trinajstić information content (AvgIpc) is 2.86. The van der Waals surface area contributed by atoms with Gasteiger partial charge in [0.25, 0.3) is 10.2 Å². The third-order valence-electron chi connectivity index (χ3n) is 3.32. The molecule has 0 bridgehead atoms. The number of hydrogen-bond acceptors (Lipinski definition) is 2. The first-order chi connectivity index (χ1) is 9.01.